The van der Waals surface area contributed by atoms with Crippen molar-refractivity contribution in [3.8, 4) is 0 Å². The highest BCUT2D eigenvalue weighted by Crippen LogP contribution is 2.33. The molecule has 18 heavy (non-hydrogen) atoms. The quantitative estimate of drug-likeness (QED) is 0.564. The molecule has 0 saturated carbocycles. The number of rotatable bonds is 6. The third-order valence-corrected chi connectivity index (χ3v) is 4.14. The molecule has 0 aliphatic carbocycles. The molecule has 0 bridgehead atoms. The molecular formula is C9H18B7NO. The summed E-state index contributed by atoms with van der Waals surface area (Å²) in [5.41, 5.74) is 0.309. The monoisotopic (exact) mass is 233 g/mol. The topological polar surface area (TPSA) is 12.5 Å². The van der Waals surface area contributed by atoms with Crippen LogP contribution in [0.15, 0.2) is 0 Å². The van der Waals surface area contributed by atoms with E-state index in [1.807, 2.05) is 11.5 Å². The number of hydrogen-bond acceptors (Lipinski definition) is 2. The van der Waals surface area contributed by atoms with Gasteiger partial charge in [0.05, 0.1) is 0 Å². The molecule has 0 spiro atoms. The predicted molar refractivity (Wildman–Crippen MR) is 85.6 cm³/mol. The van der Waals surface area contributed by atoms with Crippen LogP contribution in [0.5, 0.6) is 0 Å². The van der Waals surface area contributed by atoms with E-state index in [1.54, 1.807) is 0 Å². The molecule has 1 aliphatic heterocycles. The molecular weight excluding hydrogens is 214 g/mol. The Labute approximate surface area is 119 Å². The van der Waals surface area contributed by atoms with Crippen molar-refractivity contribution in [2.75, 3.05) is 19.8 Å². The van der Waals surface area contributed by atoms with Gasteiger partial charge in [0.15, 0.2) is 6.74 Å². The smallest absolute Gasteiger partial charge is 0.152 e. The van der Waals surface area contributed by atoms with E-state index in [1.165, 1.54) is 0 Å². The van der Waals surface area contributed by atoms with E-state index in [-0.39, 0.29) is 6.74 Å². The van der Waals surface area contributed by atoms with Crippen molar-refractivity contribution in [3.63, 3.8) is 0 Å². The van der Waals surface area contributed by atoms with Crippen LogP contribution in [0.1, 0.15) is 26.2 Å². The van der Waals surface area contributed by atoms with Crippen LogP contribution in [0.25, 0.3) is 0 Å². The first-order valence-corrected chi connectivity index (χ1v) is 6.71. The second-order valence-corrected chi connectivity index (χ2v) is 5.72. The minimum absolute atomic E-state index is 0.0200. The van der Waals surface area contributed by atoms with Gasteiger partial charge in [0.1, 0.15) is 6.63 Å². The maximum absolute atomic E-state index is 5.80. The lowest BCUT2D eigenvalue weighted by Gasteiger charge is -2.39. The summed E-state index contributed by atoms with van der Waals surface area (Å²) in [4.78, 5) is 0. The van der Waals surface area contributed by atoms with Gasteiger partial charge in [-0.2, -0.15) is 0 Å². The highest BCUT2D eigenvalue weighted by Gasteiger charge is 2.30. The molecule has 2 nitrogen and oxygen atoms in total. The van der Waals surface area contributed by atoms with Crippen molar-refractivity contribution >= 4 is 50.7 Å². The lowest BCUT2D eigenvalue weighted by atomic mass is 8.94. The minimum atomic E-state index is -0.516. The molecule has 0 aromatic rings. The lowest BCUT2D eigenvalue weighted by Crippen LogP contribution is -2.58. The molecule has 0 amide bonds. The van der Waals surface area contributed by atoms with Gasteiger partial charge in [-0.3, -0.25) is 0 Å². The van der Waals surface area contributed by atoms with E-state index in [0.29, 0.717) is 5.41 Å². The normalized spacial score (nSPS) is 18.6. The Hall–Kier alpha value is 0.375. The van der Waals surface area contributed by atoms with Crippen LogP contribution in [0.2, 0.25) is 6.82 Å². The van der Waals surface area contributed by atoms with Gasteiger partial charge in [0.25, 0.3) is 0 Å². The first kappa shape index (κ1) is 16.4. The number of hydrogen-bond donors (Lipinski definition) is 0. The first-order chi connectivity index (χ1) is 8.36. The zero-order valence-electron chi connectivity index (χ0n) is 11.6. The fraction of sp³-hybridized carbons (Fsp3) is 1.00. The molecule has 86 valence electrons. The summed E-state index contributed by atoms with van der Waals surface area (Å²) in [6.45, 7) is 6.23. The maximum atomic E-state index is 5.80. The first-order valence-electron chi connectivity index (χ1n) is 6.71. The van der Waals surface area contributed by atoms with Gasteiger partial charge in [0, 0.05) is 50.5 Å². The largest absolute Gasteiger partial charge is 0.405 e. The fourth-order valence-corrected chi connectivity index (χ4v) is 2.36. The number of nitrogens with zero attached hydrogens (tertiary/aromatic N) is 1. The van der Waals surface area contributed by atoms with E-state index >= 15 is 0 Å². The molecule has 1 rings (SSSR count). The predicted octanol–water partition coefficient (Wildman–Crippen LogP) is -0.658. The Morgan fingerprint density at radius 1 is 1.17 bits per heavy atom. The van der Waals surface area contributed by atoms with Gasteiger partial charge in [-0.05, 0) is 31.2 Å². The van der Waals surface area contributed by atoms with Crippen LogP contribution < -0.4 is 0 Å². The van der Waals surface area contributed by atoms with Crippen LogP contribution in [-0.2, 0) is 4.74 Å². The van der Waals surface area contributed by atoms with Crippen molar-refractivity contribution in [3.05, 3.63) is 0 Å². The van der Waals surface area contributed by atoms with Crippen LogP contribution in [-0.4, -0.2) is 75.2 Å². The summed E-state index contributed by atoms with van der Waals surface area (Å²) >= 11 is 0. The molecule has 1 aliphatic rings. The molecule has 9 heteroatoms. The standard InChI is InChI=1S/C9H18B7NO/c1-9(4-7-18-8-5-9)3-6-17(16(12)13)14(2)15(10)11/h3-8H2,1-2H3. The second kappa shape index (κ2) is 7.24. The van der Waals surface area contributed by atoms with Gasteiger partial charge in [-0.1, -0.05) is 13.7 Å². The highest BCUT2D eigenvalue weighted by molar-refractivity contribution is 7.58. The van der Waals surface area contributed by atoms with E-state index in [4.69, 9.17) is 35.7 Å². The average Bonchev–Trinajstić information content (AvgIpc) is 2.29. The molecule has 0 N–H and O–H groups in total. The average molecular weight is 232 g/mol. The fourth-order valence-electron chi connectivity index (χ4n) is 2.36. The molecule has 0 atom stereocenters. The summed E-state index contributed by atoms with van der Waals surface area (Å²) in [5, 5.41) is 0. The van der Waals surface area contributed by atoms with Crippen molar-refractivity contribution < 1.29 is 4.74 Å². The minimum Gasteiger partial charge on any atom is -0.405 e. The van der Waals surface area contributed by atoms with Crippen molar-refractivity contribution in [2.24, 2.45) is 5.41 Å². The van der Waals surface area contributed by atoms with Gasteiger partial charge < -0.3 is 9.46 Å². The number of ether oxygens (including phenoxy) is 1. The summed E-state index contributed by atoms with van der Waals surface area (Å²) in [6.07, 6.45) is 2.79. The van der Waals surface area contributed by atoms with Crippen molar-refractivity contribution in [1.29, 1.82) is 0 Å². The van der Waals surface area contributed by atoms with Gasteiger partial charge >= 0.3 is 0 Å². The molecule has 0 aromatic heterocycles. The van der Waals surface area contributed by atoms with Crippen molar-refractivity contribution in [1.82, 2.24) is 4.72 Å². The van der Waals surface area contributed by atoms with Crippen LogP contribution in [0.3, 0.4) is 0 Å². The Morgan fingerprint density at radius 2 is 1.72 bits per heavy atom. The third-order valence-electron chi connectivity index (χ3n) is 4.14. The van der Waals surface area contributed by atoms with E-state index in [0.717, 1.165) is 39.0 Å². The highest BCUT2D eigenvalue weighted by atomic mass is 16.5. The van der Waals surface area contributed by atoms with Gasteiger partial charge in [0.2, 0.25) is 0 Å². The molecule has 8 radical (unpaired) electrons. The Balaban J connectivity index is 2.51. The third kappa shape index (κ3) is 4.81. The molecule has 1 heterocycles. The van der Waals surface area contributed by atoms with Crippen molar-refractivity contribution in [2.45, 2.75) is 33.0 Å². The summed E-state index contributed by atoms with van der Waals surface area (Å²) in [6, 6.07) is 0. The van der Waals surface area contributed by atoms with E-state index in [2.05, 4.69) is 6.92 Å². The summed E-state index contributed by atoms with van der Waals surface area (Å²) < 4.78 is 7.38. The Bertz CT molecular complexity index is 247. The van der Waals surface area contributed by atoms with Crippen LogP contribution >= 0.6 is 0 Å². The molecule has 0 unspecified atom stereocenters. The summed E-state index contributed by atoms with van der Waals surface area (Å²) in [5.74, 6) is 0. The van der Waals surface area contributed by atoms with Crippen LogP contribution in [0, 0.1) is 5.41 Å². The second-order valence-electron chi connectivity index (χ2n) is 5.72. The molecule has 1 fully saturated rings. The Kier molecular flexibility index (Phi) is 6.60. The van der Waals surface area contributed by atoms with Gasteiger partial charge in [-0.25, -0.2) is 0 Å². The van der Waals surface area contributed by atoms with Gasteiger partial charge in [-0.15, -0.1) is 0 Å². The van der Waals surface area contributed by atoms with E-state index < -0.39 is 13.0 Å². The zero-order valence-corrected chi connectivity index (χ0v) is 11.6. The SMILES string of the molecule is [B]B([B])B(C)N(CCC1(C)CCOCC1)B([B])[B]. The Morgan fingerprint density at radius 3 is 2.17 bits per heavy atom. The molecule has 0 aromatic carbocycles. The maximum Gasteiger partial charge on any atom is 0.152 e. The zero-order chi connectivity index (χ0) is 13.8. The lowest BCUT2D eigenvalue weighted by molar-refractivity contribution is 0.0191. The van der Waals surface area contributed by atoms with E-state index in [9.17, 15) is 0 Å². The summed E-state index contributed by atoms with van der Waals surface area (Å²) in [7, 11) is 23.0. The molecule has 1 saturated heterocycles. The van der Waals surface area contributed by atoms with Crippen LogP contribution in [0.4, 0.5) is 0 Å².